The second-order valence-corrected chi connectivity index (χ2v) is 8.40. The number of ether oxygens (including phenoxy) is 1. The van der Waals surface area contributed by atoms with E-state index in [-0.39, 0.29) is 12.4 Å². The normalized spacial score (nSPS) is 17.5. The lowest BCUT2D eigenvalue weighted by Gasteiger charge is -2.35. The first-order valence-electron chi connectivity index (χ1n) is 11.6. The first kappa shape index (κ1) is 23.5. The molecule has 1 aromatic carbocycles. The summed E-state index contributed by atoms with van der Waals surface area (Å²) in [5.74, 6) is 2.11. The number of nitrogens with zero attached hydrogens (tertiary/aromatic N) is 5. The van der Waals surface area contributed by atoms with Gasteiger partial charge in [0, 0.05) is 50.9 Å². The van der Waals surface area contributed by atoms with Gasteiger partial charge in [-0.3, -0.25) is 0 Å². The van der Waals surface area contributed by atoms with Gasteiger partial charge in [-0.05, 0) is 41.8 Å². The van der Waals surface area contributed by atoms with Crippen LogP contribution in [0.5, 0.6) is 0 Å². The number of benzene rings is 1. The summed E-state index contributed by atoms with van der Waals surface area (Å²) >= 11 is 0. The monoisotopic (exact) mass is 465 g/mol. The van der Waals surface area contributed by atoms with Crippen molar-refractivity contribution in [1.82, 2.24) is 14.9 Å². The molecule has 7 heteroatoms. The van der Waals surface area contributed by atoms with Crippen LogP contribution in [0.4, 0.5) is 11.6 Å². The predicted molar refractivity (Wildman–Crippen MR) is 140 cm³/mol. The van der Waals surface area contributed by atoms with Gasteiger partial charge in [0.05, 0.1) is 18.9 Å². The van der Waals surface area contributed by atoms with Crippen molar-refractivity contribution in [3.05, 3.63) is 59.9 Å². The Morgan fingerprint density at radius 3 is 2.42 bits per heavy atom. The first-order chi connectivity index (χ1) is 15.8. The van der Waals surface area contributed by atoms with E-state index in [0.29, 0.717) is 0 Å². The van der Waals surface area contributed by atoms with Crippen molar-refractivity contribution in [2.75, 3.05) is 68.8 Å². The highest BCUT2D eigenvalue weighted by molar-refractivity contribution is 5.94. The van der Waals surface area contributed by atoms with Gasteiger partial charge >= 0.3 is 0 Å². The largest absolute Gasteiger partial charge is 0.378 e. The van der Waals surface area contributed by atoms with E-state index in [4.69, 9.17) is 9.72 Å². The van der Waals surface area contributed by atoms with E-state index in [0.717, 1.165) is 81.9 Å². The summed E-state index contributed by atoms with van der Waals surface area (Å²) in [4.78, 5) is 16.9. The second-order valence-electron chi connectivity index (χ2n) is 8.40. The molecule has 0 bridgehead atoms. The number of piperazine rings is 1. The molecule has 3 aromatic rings. The number of morpholine rings is 1. The molecule has 0 aliphatic carbocycles. The Morgan fingerprint density at radius 2 is 1.70 bits per heavy atom. The lowest BCUT2D eigenvalue weighted by Crippen LogP contribution is -2.46. The van der Waals surface area contributed by atoms with E-state index < -0.39 is 0 Å². The number of anilines is 2. The molecule has 0 amide bonds. The van der Waals surface area contributed by atoms with E-state index in [1.165, 1.54) is 10.8 Å². The summed E-state index contributed by atoms with van der Waals surface area (Å²) in [5.41, 5.74) is 2.06. The highest BCUT2D eigenvalue weighted by Crippen LogP contribution is 2.27. The molecule has 0 N–H and O–H groups in total. The van der Waals surface area contributed by atoms with Crippen molar-refractivity contribution >= 4 is 47.0 Å². The van der Waals surface area contributed by atoms with Crippen molar-refractivity contribution < 1.29 is 4.74 Å². The first-order valence-corrected chi connectivity index (χ1v) is 11.6. The quantitative estimate of drug-likeness (QED) is 0.562. The molecule has 2 aromatic heterocycles. The Balaban J connectivity index is 0.00000259. The summed E-state index contributed by atoms with van der Waals surface area (Å²) in [7, 11) is 0. The Bertz CT molecular complexity index is 1070. The molecule has 0 spiro atoms. The zero-order valence-electron chi connectivity index (χ0n) is 19.2. The standard InChI is InChI=1S/C26H31N5O.ClH/c1-2-29-11-13-31(14-12-29)26-24-6-4-3-5-22(24)19-23(28-26)9-7-21-8-10-25(27-20-21)30-15-17-32-18-16-30;/h3-10,19-20H,2,11-18H2,1H3;1H. The average molecular weight is 466 g/mol. The molecule has 0 radical (unpaired) electrons. The summed E-state index contributed by atoms with van der Waals surface area (Å²) in [6.45, 7) is 10.9. The Morgan fingerprint density at radius 1 is 0.909 bits per heavy atom. The van der Waals surface area contributed by atoms with Crippen LogP contribution in [0.3, 0.4) is 0 Å². The molecule has 2 fully saturated rings. The van der Waals surface area contributed by atoms with Crippen LogP contribution < -0.4 is 9.80 Å². The zero-order valence-corrected chi connectivity index (χ0v) is 20.0. The van der Waals surface area contributed by atoms with Gasteiger partial charge in [-0.2, -0.15) is 0 Å². The maximum Gasteiger partial charge on any atom is 0.137 e. The lowest BCUT2D eigenvalue weighted by molar-refractivity contribution is 0.122. The predicted octanol–water partition coefficient (Wildman–Crippen LogP) is 4.20. The van der Waals surface area contributed by atoms with E-state index >= 15 is 0 Å². The van der Waals surface area contributed by atoms with Gasteiger partial charge in [0.15, 0.2) is 0 Å². The number of fused-ring (bicyclic) bond motifs is 1. The maximum absolute atomic E-state index is 5.43. The third-order valence-corrected chi connectivity index (χ3v) is 6.41. The number of halogens is 1. The molecule has 2 aliphatic rings. The molecular weight excluding hydrogens is 434 g/mol. The molecular formula is C26H32ClN5O. The Labute approximate surface area is 202 Å². The van der Waals surface area contributed by atoms with Gasteiger partial charge in [0.1, 0.15) is 11.6 Å². The van der Waals surface area contributed by atoms with E-state index in [1.54, 1.807) is 0 Å². The lowest BCUT2D eigenvalue weighted by atomic mass is 10.1. The fourth-order valence-corrected chi connectivity index (χ4v) is 4.46. The highest BCUT2D eigenvalue weighted by Gasteiger charge is 2.19. The van der Waals surface area contributed by atoms with Crippen LogP contribution in [0.25, 0.3) is 22.9 Å². The zero-order chi connectivity index (χ0) is 21.8. The van der Waals surface area contributed by atoms with E-state index in [9.17, 15) is 0 Å². The molecule has 174 valence electrons. The van der Waals surface area contributed by atoms with Gasteiger partial charge in [-0.1, -0.05) is 37.3 Å². The Hall–Kier alpha value is -2.67. The summed E-state index contributed by atoms with van der Waals surface area (Å²) in [6, 6.07) is 15.0. The fraction of sp³-hybridized carbons (Fsp3) is 0.385. The molecule has 6 nitrogen and oxygen atoms in total. The van der Waals surface area contributed by atoms with Gasteiger partial charge in [0.2, 0.25) is 0 Å². The fourth-order valence-electron chi connectivity index (χ4n) is 4.46. The number of rotatable bonds is 5. The third kappa shape index (κ3) is 5.46. The minimum absolute atomic E-state index is 0. The number of likely N-dealkylation sites (N-methyl/N-ethyl adjacent to an activating group) is 1. The maximum atomic E-state index is 5.43. The molecule has 2 saturated heterocycles. The van der Waals surface area contributed by atoms with Gasteiger partial charge in [0.25, 0.3) is 0 Å². The minimum Gasteiger partial charge on any atom is -0.378 e. The van der Waals surface area contributed by atoms with Crippen molar-refractivity contribution in [3.63, 3.8) is 0 Å². The second kappa shape index (κ2) is 11.0. The van der Waals surface area contributed by atoms with Crippen LogP contribution in [-0.4, -0.2) is 73.9 Å². The van der Waals surface area contributed by atoms with Crippen LogP contribution in [0.15, 0.2) is 48.7 Å². The summed E-state index contributed by atoms with van der Waals surface area (Å²) in [6.07, 6.45) is 6.14. The van der Waals surface area contributed by atoms with Gasteiger partial charge in [-0.25, -0.2) is 9.97 Å². The molecule has 2 aliphatic heterocycles. The van der Waals surface area contributed by atoms with E-state index in [2.05, 4.69) is 81.2 Å². The molecule has 5 rings (SSSR count). The molecule has 4 heterocycles. The van der Waals surface area contributed by atoms with Crippen LogP contribution in [0.2, 0.25) is 0 Å². The summed E-state index contributed by atoms with van der Waals surface area (Å²) < 4.78 is 5.43. The van der Waals surface area contributed by atoms with Crippen molar-refractivity contribution in [3.8, 4) is 0 Å². The van der Waals surface area contributed by atoms with Crippen molar-refractivity contribution in [2.45, 2.75) is 6.92 Å². The molecule has 0 unspecified atom stereocenters. The number of hydrogen-bond acceptors (Lipinski definition) is 6. The van der Waals surface area contributed by atoms with Crippen LogP contribution in [-0.2, 0) is 4.74 Å². The SMILES string of the molecule is CCN1CCN(c2nc(C=Cc3ccc(N4CCOCC4)nc3)cc3ccccc23)CC1.Cl. The minimum atomic E-state index is 0. The Kier molecular flexibility index (Phi) is 7.81. The topological polar surface area (TPSA) is 44.7 Å². The van der Waals surface area contributed by atoms with Gasteiger partial charge in [-0.15, -0.1) is 12.4 Å². The average Bonchev–Trinajstić information content (AvgIpc) is 2.88. The molecule has 0 atom stereocenters. The third-order valence-electron chi connectivity index (χ3n) is 6.41. The number of hydrogen-bond donors (Lipinski definition) is 0. The van der Waals surface area contributed by atoms with Crippen molar-refractivity contribution in [2.24, 2.45) is 0 Å². The number of aromatic nitrogens is 2. The van der Waals surface area contributed by atoms with Crippen LogP contribution in [0, 0.1) is 0 Å². The van der Waals surface area contributed by atoms with Crippen molar-refractivity contribution in [1.29, 1.82) is 0 Å². The highest BCUT2D eigenvalue weighted by atomic mass is 35.5. The van der Waals surface area contributed by atoms with Gasteiger partial charge < -0.3 is 19.4 Å². The smallest absolute Gasteiger partial charge is 0.137 e. The van der Waals surface area contributed by atoms with Crippen LogP contribution >= 0.6 is 12.4 Å². The number of pyridine rings is 2. The molecule has 33 heavy (non-hydrogen) atoms. The van der Waals surface area contributed by atoms with Crippen LogP contribution in [0.1, 0.15) is 18.2 Å². The molecule has 0 saturated carbocycles. The van der Waals surface area contributed by atoms with E-state index in [1.807, 2.05) is 6.20 Å². The summed E-state index contributed by atoms with van der Waals surface area (Å²) in [5, 5.41) is 2.46.